The van der Waals surface area contributed by atoms with Gasteiger partial charge in [-0.1, -0.05) is 121 Å². The zero-order valence-corrected chi connectivity index (χ0v) is 39.0. The molecule has 16 aromatic rings. The van der Waals surface area contributed by atoms with E-state index in [1.54, 1.807) is 0 Å². The molecule has 0 fully saturated rings. The van der Waals surface area contributed by atoms with Crippen LogP contribution in [0.15, 0.2) is 170 Å². The van der Waals surface area contributed by atoms with Crippen molar-refractivity contribution in [3.05, 3.63) is 189 Å². The summed E-state index contributed by atoms with van der Waals surface area (Å²) in [6, 6.07) is 60.6. The van der Waals surface area contributed by atoms with Crippen LogP contribution in [0.4, 0.5) is 8.78 Å². The largest absolute Gasteiger partial charge is 0.207 e. The van der Waals surface area contributed by atoms with Gasteiger partial charge >= 0.3 is 0 Å². The molecule has 0 amide bonds. The first kappa shape index (κ1) is 36.5. The van der Waals surface area contributed by atoms with Crippen molar-refractivity contribution in [1.82, 2.24) is 0 Å². The Hall–Kier alpha value is -6.74. The summed E-state index contributed by atoms with van der Waals surface area (Å²) in [6.45, 7) is 0. The molecule has 0 aliphatic heterocycles. The van der Waals surface area contributed by atoms with Crippen LogP contribution < -0.4 is 0 Å². The van der Waals surface area contributed by atoms with Gasteiger partial charge in [-0.3, -0.25) is 0 Å². The Morgan fingerprint density at radius 1 is 0.242 bits per heavy atom. The first-order chi connectivity index (χ1) is 32.4. The molecule has 66 heavy (non-hydrogen) atoms. The van der Waals surface area contributed by atoms with Crippen LogP contribution in [0.25, 0.3) is 162 Å². The lowest BCUT2D eigenvalue weighted by atomic mass is 9.85. The quantitative estimate of drug-likeness (QED) is 0.0919. The van der Waals surface area contributed by atoms with Gasteiger partial charge in [0.25, 0.3) is 0 Å². The number of hydrogen-bond acceptors (Lipinski definition) is 0. The second kappa shape index (κ2) is 12.6. The van der Waals surface area contributed by atoms with Crippen molar-refractivity contribution in [3.63, 3.8) is 0 Å². The minimum absolute atomic E-state index is 0.530. The predicted molar refractivity (Wildman–Crippen MR) is 295 cm³/mol. The molecule has 4 heteroatoms. The minimum atomic E-state index is -0.594. The standard InChI is InChI=1S/C62H28F2I2/c63-33-21-31(22-34(64)25-33)55-51-27-49-45-15-13-41-37-9-1-5-29-6-2-10-38(53(29)37)42-14-16-46(59(45)57(41)42)50(49)28-52(51)56(32-23-35(65)26-36(66)24-32)62-48-20-18-44-40-12-4-8-30-7-3-11-39(54(30)40)43-17-19-47(61(55)62)60(48)58(43)44/h1-28H. The summed E-state index contributed by atoms with van der Waals surface area (Å²) < 4.78 is 33.9. The molecule has 0 aliphatic rings. The summed E-state index contributed by atoms with van der Waals surface area (Å²) in [5.74, 6) is -1.19. The van der Waals surface area contributed by atoms with Crippen molar-refractivity contribution < 1.29 is 8.78 Å². The molecule has 0 radical (unpaired) electrons. The summed E-state index contributed by atoms with van der Waals surface area (Å²) in [6.07, 6.45) is 0. The van der Waals surface area contributed by atoms with E-state index in [9.17, 15) is 0 Å². The van der Waals surface area contributed by atoms with Gasteiger partial charge < -0.3 is 0 Å². The molecule has 0 aromatic heterocycles. The van der Waals surface area contributed by atoms with Crippen LogP contribution in [0.2, 0.25) is 0 Å². The number of rotatable bonds is 2. The van der Waals surface area contributed by atoms with Gasteiger partial charge in [0.15, 0.2) is 0 Å². The lowest BCUT2D eigenvalue weighted by Gasteiger charge is -2.18. The van der Waals surface area contributed by atoms with Gasteiger partial charge in [-0.05, 0) is 250 Å². The third-order valence-corrected chi connectivity index (χ3v) is 16.4. The van der Waals surface area contributed by atoms with Crippen LogP contribution in [0.5, 0.6) is 0 Å². The predicted octanol–water partition coefficient (Wildman–Crippen LogP) is 19.3. The Balaban J connectivity index is 1.17. The van der Waals surface area contributed by atoms with Crippen molar-refractivity contribution >= 4 is 185 Å². The van der Waals surface area contributed by atoms with Crippen molar-refractivity contribution in [1.29, 1.82) is 0 Å². The highest BCUT2D eigenvalue weighted by Gasteiger charge is 2.28. The molecule has 0 nitrogen and oxygen atoms in total. The Morgan fingerprint density at radius 2 is 0.561 bits per heavy atom. The normalized spacial score (nSPS) is 12.8. The molecule has 0 saturated heterocycles. The Kier molecular flexibility index (Phi) is 6.95. The molecule has 0 aliphatic carbocycles. The lowest BCUT2D eigenvalue weighted by molar-refractivity contribution is 0.584. The smallest absolute Gasteiger partial charge is 0.126 e. The molecule has 0 unspecified atom stereocenters. The fourth-order valence-corrected chi connectivity index (χ4v) is 14.8. The summed E-state index contributed by atoms with van der Waals surface area (Å²) in [5, 5.41) is 31.0. The maximum Gasteiger partial charge on any atom is 0.126 e. The van der Waals surface area contributed by atoms with E-state index in [2.05, 4.69) is 197 Å². The van der Waals surface area contributed by atoms with E-state index >= 15 is 8.78 Å². The highest BCUT2D eigenvalue weighted by atomic mass is 127. The zero-order chi connectivity index (χ0) is 43.4. The molecule has 0 N–H and O–H groups in total. The first-order valence-electron chi connectivity index (χ1n) is 22.2. The fourth-order valence-electron chi connectivity index (χ4n) is 12.8. The summed E-state index contributed by atoms with van der Waals surface area (Å²) in [7, 11) is 0. The number of hydrogen-bond donors (Lipinski definition) is 0. The maximum atomic E-state index is 15.8. The van der Waals surface area contributed by atoms with Crippen molar-refractivity contribution in [2.75, 3.05) is 0 Å². The lowest BCUT2D eigenvalue weighted by Crippen LogP contribution is -1.92. The van der Waals surface area contributed by atoms with Crippen molar-refractivity contribution in [2.24, 2.45) is 0 Å². The average Bonchev–Trinajstić information content (AvgIpc) is 3.82. The Morgan fingerprint density at radius 3 is 0.955 bits per heavy atom. The van der Waals surface area contributed by atoms with E-state index in [-0.39, 0.29) is 0 Å². The van der Waals surface area contributed by atoms with Crippen LogP contribution in [0.1, 0.15) is 0 Å². The van der Waals surface area contributed by atoms with Crippen LogP contribution in [-0.2, 0) is 0 Å². The molecule has 0 bridgehead atoms. The fraction of sp³-hybridized carbons (Fsp3) is 0. The third-order valence-electron chi connectivity index (χ3n) is 15.2. The molecule has 16 rings (SSSR count). The molecule has 0 atom stereocenters. The van der Waals surface area contributed by atoms with E-state index in [0.29, 0.717) is 5.56 Å². The Labute approximate surface area is 401 Å². The van der Waals surface area contributed by atoms with Gasteiger partial charge in [0.2, 0.25) is 0 Å². The molecular formula is C62H28F2I2. The second-order valence-electron chi connectivity index (χ2n) is 18.3. The maximum absolute atomic E-state index is 15.8. The van der Waals surface area contributed by atoms with E-state index in [1.165, 1.54) is 114 Å². The van der Waals surface area contributed by atoms with Gasteiger partial charge in [-0.15, -0.1) is 0 Å². The van der Waals surface area contributed by atoms with Crippen molar-refractivity contribution in [3.8, 4) is 22.3 Å². The molecule has 0 heterocycles. The number of fused-ring (bicyclic) bond motifs is 11. The summed E-state index contributed by atoms with van der Waals surface area (Å²) in [4.78, 5) is 0. The zero-order valence-electron chi connectivity index (χ0n) is 34.7. The van der Waals surface area contributed by atoms with Gasteiger partial charge in [-0.2, -0.15) is 0 Å². The van der Waals surface area contributed by atoms with E-state index in [0.717, 1.165) is 67.6 Å². The van der Waals surface area contributed by atoms with Crippen LogP contribution >= 0.6 is 45.2 Å². The van der Waals surface area contributed by atoms with Crippen molar-refractivity contribution in [2.45, 2.75) is 0 Å². The monoisotopic (exact) mass is 1060 g/mol. The van der Waals surface area contributed by atoms with E-state index < -0.39 is 11.6 Å². The molecule has 0 saturated carbocycles. The highest BCUT2D eigenvalue weighted by Crippen LogP contribution is 2.56. The first-order valence-corrected chi connectivity index (χ1v) is 24.4. The Bertz CT molecular complexity index is 4530. The topological polar surface area (TPSA) is 0 Å². The number of halogens is 4. The molecule has 304 valence electrons. The van der Waals surface area contributed by atoms with Crippen LogP contribution in [-0.4, -0.2) is 0 Å². The van der Waals surface area contributed by atoms with Crippen LogP contribution in [0, 0.1) is 18.8 Å². The minimum Gasteiger partial charge on any atom is -0.207 e. The molecule has 0 spiro atoms. The highest BCUT2D eigenvalue weighted by molar-refractivity contribution is 14.1. The second-order valence-corrected chi connectivity index (χ2v) is 20.8. The van der Waals surface area contributed by atoms with Gasteiger partial charge in [0.1, 0.15) is 11.6 Å². The van der Waals surface area contributed by atoms with E-state index in [4.69, 9.17) is 0 Å². The third kappa shape index (κ3) is 4.47. The van der Waals surface area contributed by atoms with Gasteiger partial charge in [-0.25, -0.2) is 8.78 Å². The van der Waals surface area contributed by atoms with E-state index in [1.807, 2.05) is 0 Å². The van der Waals surface area contributed by atoms with Crippen LogP contribution in [0.3, 0.4) is 0 Å². The van der Waals surface area contributed by atoms with Gasteiger partial charge in [0.05, 0.1) is 0 Å². The molecule has 16 aromatic carbocycles. The average molecular weight is 1060 g/mol. The summed E-state index contributed by atoms with van der Waals surface area (Å²) in [5.41, 5.74) is 3.64. The molecular weight excluding hydrogens is 1040 g/mol. The van der Waals surface area contributed by atoms with Gasteiger partial charge in [0, 0.05) is 13.2 Å². The summed E-state index contributed by atoms with van der Waals surface area (Å²) >= 11 is 4.89. The SMILES string of the molecule is Fc1cc(F)cc(-c2c3cc4c(cc3c(-c3cc(I)cc(I)c3)c3c5ccc6c7cccc8cccc(c9ccc(c23)c5c96)c87)c2ccc3c5cccc6cccc(c7ccc4c2c73)c65)c1. The number of benzene rings is 14.